The van der Waals surface area contributed by atoms with Crippen molar-refractivity contribution >= 4 is 22.9 Å². The van der Waals surface area contributed by atoms with Crippen LogP contribution in [0.3, 0.4) is 0 Å². The summed E-state index contributed by atoms with van der Waals surface area (Å²) < 4.78 is 27.3. The van der Waals surface area contributed by atoms with Crippen LogP contribution in [-0.2, 0) is 0 Å². The Morgan fingerprint density at radius 3 is 2.60 bits per heavy atom. The zero-order chi connectivity index (χ0) is 18.1. The molecule has 0 unspecified atom stereocenters. The molecule has 126 valence electrons. The van der Waals surface area contributed by atoms with Gasteiger partial charge in [0.25, 0.3) is 11.3 Å². The Hall–Kier alpha value is -3.35. The molecule has 0 aliphatic carbocycles. The molecule has 3 aromatic rings. The van der Waals surface area contributed by atoms with Crippen LogP contribution >= 0.6 is 0 Å². The summed E-state index contributed by atoms with van der Waals surface area (Å²) >= 11 is 0. The van der Waals surface area contributed by atoms with Crippen molar-refractivity contribution in [3.05, 3.63) is 82.0 Å². The standard InChI is InChI=1S/C18H13F2N2O3/c1-11-18(22(25)16-5-3-2-4-15(16)21(11)24)17(23)9-7-12-6-8-13(19)14(20)10-12/h2-10,24H,1H3/q+1/b9-7+. The molecule has 0 bridgehead atoms. The van der Waals surface area contributed by atoms with E-state index in [-0.39, 0.29) is 28.0 Å². The average molecular weight is 343 g/mol. The topological polar surface area (TPSA) is 65.2 Å². The fraction of sp³-hybridized carbons (Fsp3) is 0.0556. The Morgan fingerprint density at radius 1 is 1.16 bits per heavy atom. The van der Waals surface area contributed by atoms with Gasteiger partial charge in [0.1, 0.15) is 5.69 Å². The second-order valence-corrected chi connectivity index (χ2v) is 5.40. The summed E-state index contributed by atoms with van der Waals surface area (Å²) in [5.74, 6) is -2.71. The molecular weight excluding hydrogens is 330 g/mol. The number of carbonyl (C=O) groups excluding carboxylic acids is 1. The molecular formula is C18H13F2N2O3+. The van der Waals surface area contributed by atoms with Crippen molar-refractivity contribution in [2.75, 3.05) is 0 Å². The number of rotatable bonds is 3. The van der Waals surface area contributed by atoms with Gasteiger partial charge in [-0.15, -0.1) is 0 Å². The van der Waals surface area contributed by atoms with Crippen LogP contribution in [0.1, 0.15) is 21.7 Å². The first kappa shape index (κ1) is 16.5. The van der Waals surface area contributed by atoms with Crippen LogP contribution in [0.2, 0.25) is 0 Å². The number of carbonyl (C=O) groups is 1. The van der Waals surface area contributed by atoms with Crippen molar-refractivity contribution in [1.82, 2.24) is 4.73 Å². The number of benzene rings is 2. The Labute approximate surface area is 140 Å². The normalized spacial score (nSPS) is 11.3. The van der Waals surface area contributed by atoms with E-state index in [0.29, 0.717) is 4.43 Å². The van der Waals surface area contributed by atoms with Gasteiger partial charge in [0.2, 0.25) is 0 Å². The maximum absolute atomic E-state index is 13.2. The predicted molar refractivity (Wildman–Crippen MR) is 86.9 cm³/mol. The Balaban J connectivity index is 2.07. The Morgan fingerprint density at radius 2 is 1.88 bits per heavy atom. The van der Waals surface area contributed by atoms with Gasteiger partial charge in [0.05, 0.1) is 4.43 Å². The van der Waals surface area contributed by atoms with Gasteiger partial charge in [-0.25, -0.2) is 8.78 Å². The van der Waals surface area contributed by atoms with E-state index in [9.17, 15) is 23.7 Å². The minimum Gasteiger partial charge on any atom is -0.428 e. The number of allylic oxidation sites excluding steroid dienone is 1. The quantitative estimate of drug-likeness (QED) is 0.343. The molecule has 2 aromatic carbocycles. The third-order valence-corrected chi connectivity index (χ3v) is 3.80. The second kappa shape index (κ2) is 6.27. The first-order chi connectivity index (χ1) is 11.9. The maximum Gasteiger partial charge on any atom is 0.332 e. The minimum absolute atomic E-state index is 0.0636. The molecule has 0 aliphatic heterocycles. The molecule has 7 heteroatoms. The number of fused-ring (bicyclic) bond motifs is 1. The largest absolute Gasteiger partial charge is 0.428 e. The molecule has 1 heterocycles. The van der Waals surface area contributed by atoms with Crippen molar-refractivity contribution in [1.29, 1.82) is 0 Å². The monoisotopic (exact) mass is 343 g/mol. The van der Waals surface area contributed by atoms with E-state index in [1.807, 2.05) is 0 Å². The van der Waals surface area contributed by atoms with Crippen molar-refractivity contribution < 1.29 is 23.2 Å². The highest BCUT2D eigenvalue weighted by molar-refractivity contribution is 6.05. The van der Waals surface area contributed by atoms with Gasteiger partial charge < -0.3 is 5.21 Å². The lowest BCUT2D eigenvalue weighted by molar-refractivity contribution is -0.468. The summed E-state index contributed by atoms with van der Waals surface area (Å²) in [5.41, 5.74) is 0.449. The molecule has 1 N–H and O–H groups in total. The number of aromatic nitrogens is 2. The van der Waals surface area contributed by atoms with E-state index in [1.54, 1.807) is 18.2 Å². The van der Waals surface area contributed by atoms with Crippen LogP contribution in [0.4, 0.5) is 8.78 Å². The summed E-state index contributed by atoms with van der Waals surface area (Å²) in [6.07, 6.45) is 2.33. The predicted octanol–water partition coefficient (Wildman–Crippen LogP) is 3.28. The first-order valence-electron chi connectivity index (χ1n) is 7.34. The smallest absolute Gasteiger partial charge is 0.332 e. The molecule has 0 spiro atoms. The molecule has 5 nitrogen and oxygen atoms in total. The van der Waals surface area contributed by atoms with Crippen LogP contribution in [0.5, 0.6) is 0 Å². The first-order valence-corrected chi connectivity index (χ1v) is 7.34. The highest BCUT2D eigenvalue weighted by atomic mass is 19.2. The van der Waals surface area contributed by atoms with Gasteiger partial charge in [0, 0.05) is 11.0 Å². The van der Waals surface area contributed by atoms with Gasteiger partial charge >= 0.3 is 5.69 Å². The fourth-order valence-electron chi connectivity index (χ4n) is 2.51. The third-order valence-electron chi connectivity index (χ3n) is 3.80. The fourth-order valence-corrected chi connectivity index (χ4v) is 2.51. The molecule has 0 saturated carbocycles. The van der Waals surface area contributed by atoms with Crippen molar-refractivity contribution in [3.8, 4) is 0 Å². The van der Waals surface area contributed by atoms with Crippen molar-refractivity contribution in [3.63, 3.8) is 0 Å². The molecule has 0 fully saturated rings. The Kier molecular flexibility index (Phi) is 4.14. The van der Waals surface area contributed by atoms with Gasteiger partial charge in [0.15, 0.2) is 17.2 Å². The summed E-state index contributed by atoms with van der Waals surface area (Å²) in [5, 5.41) is 10.2. The van der Waals surface area contributed by atoms with E-state index in [4.69, 9.17) is 0 Å². The van der Waals surface area contributed by atoms with Crippen LogP contribution in [0.25, 0.3) is 17.1 Å². The molecule has 3 rings (SSSR count). The summed E-state index contributed by atoms with van der Waals surface area (Å²) in [6.45, 7) is 1.43. The zero-order valence-corrected chi connectivity index (χ0v) is 13.1. The number of hydrogen-bond donors (Lipinski definition) is 1. The number of para-hydroxylation sites is 2. The minimum atomic E-state index is -1.04. The van der Waals surface area contributed by atoms with Crippen LogP contribution in [0, 0.1) is 23.5 Å². The lowest BCUT2D eigenvalue weighted by atomic mass is 10.1. The van der Waals surface area contributed by atoms with E-state index in [1.165, 1.54) is 25.1 Å². The van der Waals surface area contributed by atoms with E-state index >= 15 is 0 Å². The molecule has 1 aromatic heterocycles. The molecule has 0 saturated heterocycles. The van der Waals surface area contributed by atoms with Gasteiger partial charge in [-0.2, -0.15) is 4.73 Å². The van der Waals surface area contributed by atoms with Gasteiger partial charge in [-0.3, -0.25) is 4.79 Å². The Bertz CT molecular complexity index is 1090. The average Bonchev–Trinajstić information content (AvgIpc) is 2.61. The van der Waals surface area contributed by atoms with E-state index in [0.717, 1.165) is 22.9 Å². The van der Waals surface area contributed by atoms with E-state index in [2.05, 4.69) is 0 Å². The number of nitrogens with zero attached hydrogens (tertiary/aromatic N) is 2. The summed E-state index contributed by atoms with van der Waals surface area (Å²) in [7, 11) is 0. The number of ketones is 1. The summed E-state index contributed by atoms with van der Waals surface area (Å²) in [6, 6.07) is 9.45. The third kappa shape index (κ3) is 2.91. The van der Waals surface area contributed by atoms with Crippen molar-refractivity contribution in [2.24, 2.45) is 0 Å². The highest BCUT2D eigenvalue weighted by Gasteiger charge is 2.27. The molecule has 0 aliphatic rings. The SMILES string of the molecule is Cc1c(C(=O)/C=C/c2ccc(F)c(F)c2)[n+](=O)c2ccccc2n1O. The molecule has 25 heavy (non-hydrogen) atoms. The van der Waals surface area contributed by atoms with Crippen LogP contribution < -0.4 is 4.43 Å². The van der Waals surface area contributed by atoms with Gasteiger partial charge in [-0.1, -0.05) is 24.3 Å². The lowest BCUT2D eigenvalue weighted by Gasteiger charge is -2.04. The zero-order valence-electron chi connectivity index (χ0n) is 13.1. The van der Waals surface area contributed by atoms with Crippen LogP contribution in [-0.4, -0.2) is 15.7 Å². The summed E-state index contributed by atoms with van der Waals surface area (Å²) in [4.78, 5) is 24.9. The van der Waals surface area contributed by atoms with E-state index < -0.39 is 17.4 Å². The molecule has 0 radical (unpaired) electrons. The van der Waals surface area contributed by atoms with Gasteiger partial charge in [-0.05, 0) is 36.8 Å². The number of hydrogen-bond acceptors (Lipinski definition) is 3. The number of halogens is 2. The lowest BCUT2D eigenvalue weighted by Crippen LogP contribution is -2.30. The molecule has 0 amide bonds. The molecule has 0 atom stereocenters. The maximum atomic E-state index is 13.2. The second-order valence-electron chi connectivity index (χ2n) is 5.40. The highest BCUT2D eigenvalue weighted by Crippen LogP contribution is 2.15. The van der Waals surface area contributed by atoms with Crippen molar-refractivity contribution in [2.45, 2.75) is 6.92 Å². The van der Waals surface area contributed by atoms with Crippen LogP contribution in [0.15, 0.2) is 48.5 Å².